The summed E-state index contributed by atoms with van der Waals surface area (Å²) in [7, 11) is -0.429. The van der Waals surface area contributed by atoms with Crippen LogP contribution in [0.1, 0.15) is 0 Å². The Kier molecular flexibility index (Phi) is 3.25. The molecule has 0 radical (unpaired) electrons. The lowest BCUT2D eigenvalue weighted by Gasteiger charge is -2.19. The average molecular weight is 324 g/mol. The Bertz CT molecular complexity index is 739. The third-order valence-corrected chi connectivity index (χ3v) is 7.63. The highest BCUT2D eigenvalue weighted by molar-refractivity contribution is 7.03. The van der Waals surface area contributed by atoms with Crippen molar-refractivity contribution in [2.45, 2.75) is 19.5 Å². The summed E-state index contributed by atoms with van der Waals surface area (Å²) in [5.41, 5.74) is 2.02. The summed E-state index contributed by atoms with van der Waals surface area (Å²) >= 11 is 0. The highest BCUT2D eigenvalue weighted by atomic mass is 28.3. The fraction of sp³-hybridized carbons (Fsp3) is 0.250. The molecule has 2 nitrogen and oxygen atoms in total. The third kappa shape index (κ3) is 2.37. The van der Waals surface area contributed by atoms with Gasteiger partial charge in [-0.2, -0.15) is 0 Å². The first-order chi connectivity index (χ1) is 10.2. The molecule has 0 atom stereocenters. The Balaban J connectivity index is 2.13. The first-order valence-electron chi connectivity index (χ1n) is 6.81. The number of methoxy groups -OCH3 is 1. The van der Waals surface area contributed by atoms with E-state index in [9.17, 15) is 13.2 Å². The number of hydrogen-bond donors (Lipinski definition) is 0. The molecule has 0 bridgehead atoms. The second-order valence-corrected chi connectivity index (χ2v) is 10.1. The van der Waals surface area contributed by atoms with Crippen LogP contribution in [0.4, 0.5) is 13.2 Å². The molecule has 0 spiro atoms. The van der Waals surface area contributed by atoms with Gasteiger partial charge in [-0.25, -0.2) is 0 Å². The molecule has 0 unspecified atom stereocenters. The first-order valence-corrected chi connectivity index (χ1v) is 9.81. The molecule has 6 heteroatoms. The van der Waals surface area contributed by atoms with Gasteiger partial charge in [0.05, 0.1) is 7.11 Å². The SMILES string of the molecule is COc1ccc2c(c1)-c1ccc(OC(F)(F)F)cc1[Si]2(C)C. The standard InChI is InChI=1S/C16H15F3O2Si/c1-20-10-5-7-14-13(8-10)12-6-4-11(21-16(17,18)19)9-15(12)22(14,2)3/h4-9H,1-3H3. The minimum absolute atomic E-state index is 0.161. The molecule has 0 aromatic heterocycles. The molecule has 22 heavy (non-hydrogen) atoms. The van der Waals surface area contributed by atoms with Gasteiger partial charge >= 0.3 is 6.36 Å². The fourth-order valence-electron chi connectivity index (χ4n) is 3.04. The normalized spacial score (nSPS) is 15.2. The predicted molar refractivity (Wildman–Crippen MR) is 81.9 cm³/mol. The molecule has 0 N–H and O–H groups in total. The van der Waals surface area contributed by atoms with E-state index in [4.69, 9.17) is 4.74 Å². The van der Waals surface area contributed by atoms with Crippen molar-refractivity contribution >= 4 is 18.4 Å². The zero-order valence-corrected chi connectivity index (χ0v) is 13.4. The molecular weight excluding hydrogens is 309 g/mol. The maximum absolute atomic E-state index is 12.4. The van der Waals surface area contributed by atoms with Crippen LogP contribution in [-0.4, -0.2) is 21.5 Å². The largest absolute Gasteiger partial charge is 0.573 e. The van der Waals surface area contributed by atoms with Crippen molar-refractivity contribution in [3.63, 3.8) is 0 Å². The van der Waals surface area contributed by atoms with Crippen molar-refractivity contribution in [1.82, 2.24) is 0 Å². The molecule has 1 aliphatic heterocycles. The van der Waals surface area contributed by atoms with Gasteiger partial charge in [-0.3, -0.25) is 0 Å². The molecule has 0 fully saturated rings. The molecular formula is C16H15F3O2Si. The van der Waals surface area contributed by atoms with E-state index in [-0.39, 0.29) is 5.75 Å². The second kappa shape index (κ2) is 4.77. The Morgan fingerprint density at radius 2 is 1.55 bits per heavy atom. The maximum Gasteiger partial charge on any atom is 0.573 e. The molecule has 1 aliphatic rings. The number of ether oxygens (including phenoxy) is 2. The number of fused-ring (bicyclic) bond motifs is 3. The topological polar surface area (TPSA) is 18.5 Å². The Labute approximate surface area is 127 Å². The molecule has 116 valence electrons. The van der Waals surface area contributed by atoms with Crippen molar-refractivity contribution in [2.75, 3.05) is 7.11 Å². The average Bonchev–Trinajstić information content (AvgIpc) is 2.65. The van der Waals surface area contributed by atoms with Crippen molar-refractivity contribution in [3.8, 4) is 22.6 Å². The minimum Gasteiger partial charge on any atom is -0.497 e. The highest BCUT2D eigenvalue weighted by Crippen LogP contribution is 2.33. The molecule has 0 aliphatic carbocycles. The van der Waals surface area contributed by atoms with Gasteiger partial charge in [-0.1, -0.05) is 25.2 Å². The summed E-state index contributed by atoms with van der Waals surface area (Å²) in [6.07, 6.45) is -4.67. The number of hydrogen-bond acceptors (Lipinski definition) is 2. The van der Waals surface area contributed by atoms with E-state index < -0.39 is 14.4 Å². The smallest absolute Gasteiger partial charge is 0.497 e. The number of benzene rings is 2. The van der Waals surface area contributed by atoms with Crippen LogP contribution in [0.2, 0.25) is 13.1 Å². The van der Waals surface area contributed by atoms with Crippen molar-refractivity contribution in [3.05, 3.63) is 36.4 Å². The molecule has 1 heterocycles. The number of alkyl halides is 3. The highest BCUT2D eigenvalue weighted by Gasteiger charge is 2.39. The van der Waals surface area contributed by atoms with Crippen molar-refractivity contribution in [2.24, 2.45) is 0 Å². The van der Waals surface area contributed by atoms with Gasteiger partial charge in [-0.05, 0) is 45.8 Å². The van der Waals surface area contributed by atoms with Gasteiger partial charge < -0.3 is 9.47 Å². The zero-order chi connectivity index (χ0) is 16.1. The summed E-state index contributed by atoms with van der Waals surface area (Å²) in [5.74, 6) is 0.582. The Morgan fingerprint density at radius 3 is 2.18 bits per heavy atom. The summed E-state index contributed by atoms with van der Waals surface area (Å²) in [5, 5.41) is 2.16. The van der Waals surface area contributed by atoms with E-state index in [1.165, 1.54) is 17.3 Å². The number of rotatable bonds is 2. The lowest BCUT2D eigenvalue weighted by molar-refractivity contribution is -0.274. The Hall–Kier alpha value is -1.95. The van der Waals surface area contributed by atoms with Crippen molar-refractivity contribution < 1.29 is 22.6 Å². The fourth-order valence-corrected chi connectivity index (χ4v) is 6.10. The van der Waals surface area contributed by atoms with E-state index in [0.29, 0.717) is 0 Å². The van der Waals surface area contributed by atoms with Crippen LogP contribution in [-0.2, 0) is 0 Å². The summed E-state index contributed by atoms with van der Waals surface area (Å²) in [6, 6.07) is 10.5. The van der Waals surface area contributed by atoms with Crippen molar-refractivity contribution in [1.29, 1.82) is 0 Å². The first kappa shape index (κ1) is 15.0. The van der Waals surface area contributed by atoms with Crippen LogP contribution in [0.5, 0.6) is 11.5 Å². The van der Waals surface area contributed by atoms with Gasteiger partial charge in [0, 0.05) is 0 Å². The van der Waals surface area contributed by atoms with Gasteiger partial charge in [0.25, 0.3) is 0 Å². The molecule has 0 saturated heterocycles. The van der Waals surface area contributed by atoms with Crippen LogP contribution in [0.3, 0.4) is 0 Å². The monoisotopic (exact) mass is 324 g/mol. The van der Waals surface area contributed by atoms with Crippen LogP contribution >= 0.6 is 0 Å². The summed E-state index contributed by atoms with van der Waals surface area (Å²) in [4.78, 5) is 0. The predicted octanol–water partition coefficient (Wildman–Crippen LogP) is 3.40. The van der Waals surface area contributed by atoms with E-state index in [0.717, 1.165) is 22.1 Å². The molecule has 2 aromatic rings. The van der Waals surface area contributed by atoms with Gasteiger partial charge in [-0.15, -0.1) is 13.2 Å². The minimum atomic E-state index is -4.67. The number of halogens is 3. The zero-order valence-electron chi connectivity index (χ0n) is 12.4. The lowest BCUT2D eigenvalue weighted by atomic mass is 10.1. The summed E-state index contributed by atoms with van der Waals surface area (Å²) in [6.45, 7) is 4.25. The van der Waals surface area contributed by atoms with Crippen LogP contribution in [0.15, 0.2) is 36.4 Å². The lowest BCUT2D eigenvalue weighted by Crippen LogP contribution is -2.49. The third-order valence-electron chi connectivity index (χ3n) is 4.09. The molecule has 0 amide bonds. The Morgan fingerprint density at radius 1 is 0.864 bits per heavy atom. The van der Waals surface area contributed by atoms with Gasteiger partial charge in [0.15, 0.2) is 0 Å². The van der Waals surface area contributed by atoms with Crippen LogP contribution in [0, 0.1) is 0 Å². The van der Waals surface area contributed by atoms with Gasteiger partial charge in [0.1, 0.15) is 19.6 Å². The van der Waals surface area contributed by atoms with E-state index in [2.05, 4.69) is 17.8 Å². The summed E-state index contributed by atoms with van der Waals surface area (Å²) < 4.78 is 46.6. The van der Waals surface area contributed by atoms with E-state index >= 15 is 0 Å². The van der Waals surface area contributed by atoms with Crippen LogP contribution < -0.4 is 19.8 Å². The van der Waals surface area contributed by atoms with E-state index in [1.807, 2.05) is 18.2 Å². The quantitative estimate of drug-likeness (QED) is 0.788. The molecule has 2 aromatic carbocycles. The molecule has 0 saturated carbocycles. The second-order valence-electron chi connectivity index (χ2n) is 5.79. The maximum atomic E-state index is 12.4. The molecule has 3 rings (SSSR count). The van der Waals surface area contributed by atoms with Gasteiger partial charge in [0.2, 0.25) is 0 Å². The van der Waals surface area contributed by atoms with E-state index in [1.54, 1.807) is 13.2 Å². The van der Waals surface area contributed by atoms with Crippen LogP contribution in [0.25, 0.3) is 11.1 Å².